The lowest BCUT2D eigenvalue weighted by Gasteiger charge is -2.23. The van der Waals surface area contributed by atoms with E-state index >= 15 is 0 Å². The summed E-state index contributed by atoms with van der Waals surface area (Å²) in [7, 11) is 0. The lowest BCUT2D eigenvalue weighted by atomic mass is 9.84. The first-order valence-electron chi connectivity index (χ1n) is 6.75. The van der Waals surface area contributed by atoms with Crippen molar-refractivity contribution in [2.45, 2.75) is 38.0 Å². The van der Waals surface area contributed by atoms with Crippen molar-refractivity contribution in [3.8, 4) is 11.1 Å². The molecule has 1 aliphatic carbocycles. The predicted octanol–water partition coefficient (Wildman–Crippen LogP) is 4.73. The summed E-state index contributed by atoms with van der Waals surface area (Å²) in [6.45, 7) is 0. The van der Waals surface area contributed by atoms with Crippen molar-refractivity contribution in [1.82, 2.24) is 5.16 Å². The minimum Gasteiger partial charge on any atom is -0.367 e. The molecule has 3 nitrogen and oxygen atoms in total. The quantitative estimate of drug-likeness (QED) is 0.869. The number of anilines is 1. The molecule has 0 saturated heterocycles. The van der Waals surface area contributed by atoms with Crippen LogP contribution >= 0.6 is 15.9 Å². The lowest BCUT2D eigenvalue weighted by Crippen LogP contribution is -2.05. The van der Waals surface area contributed by atoms with E-state index in [1.165, 1.54) is 37.7 Å². The van der Waals surface area contributed by atoms with Gasteiger partial charge in [0.25, 0.3) is 0 Å². The fourth-order valence-electron chi connectivity index (χ4n) is 2.90. The first-order valence-corrected chi connectivity index (χ1v) is 7.55. The Balaban J connectivity index is 1.91. The Labute approximate surface area is 121 Å². The highest BCUT2D eigenvalue weighted by Crippen LogP contribution is 2.38. The van der Waals surface area contributed by atoms with Crippen LogP contribution in [-0.2, 0) is 0 Å². The van der Waals surface area contributed by atoms with Crippen molar-refractivity contribution in [2.75, 3.05) is 5.73 Å². The maximum Gasteiger partial charge on any atom is 0.229 e. The molecule has 0 radical (unpaired) electrons. The Kier molecular flexibility index (Phi) is 3.60. The molecule has 100 valence electrons. The summed E-state index contributed by atoms with van der Waals surface area (Å²) in [6.07, 6.45) is 8.33. The molecule has 1 heterocycles. The van der Waals surface area contributed by atoms with E-state index in [-0.39, 0.29) is 0 Å². The third kappa shape index (κ3) is 2.54. The van der Waals surface area contributed by atoms with Crippen molar-refractivity contribution >= 4 is 21.8 Å². The summed E-state index contributed by atoms with van der Waals surface area (Å²) >= 11 is 3.70. The third-order valence-electron chi connectivity index (χ3n) is 3.95. The van der Waals surface area contributed by atoms with Gasteiger partial charge in [0.1, 0.15) is 0 Å². The maximum atomic E-state index is 5.76. The minimum atomic E-state index is 0.373. The van der Waals surface area contributed by atoms with Gasteiger partial charge in [0.05, 0.1) is 11.8 Å². The monoisotopic (exact) mass is 320 g/mol. The van der Waals surface area contributed by atoms with Gasteiger partial charge in [-0.3, -0.25) is 0 Å². The number of hydrogen-bond donors (Lipinski definition) is 1. The normalized spacial score (nSPS) is 16.7. The lowest BCUT2D eigenvalue weighted by molar-refractivity contribution is 0.436. The van der Waals surface area contributed by atoms with E-state index in [9.17, 15) is 0 Å². The van der Waals surface area contributed by atoms with E-state index in [1.54, 1.807) is 6.20 Å². The largest absolute Gasteiger partial charge is 0.367 e. The summed E-state index contributed by atoms with van der Waals surface area (Å²) in [5.41, 5.74) is 9.08. The second-order valence-corrected chi connectivity index (χ2v) is 6.03. The van der Waals surface area contributed by atoms with Gasteiger partial charge in [-0.25, -0.2) is 0 Å². The molecule has 1 aliphatic rings. The van der Waals surface area contributed by atoms with Gasteiger partial charge in [0.2, 0.25) is 5.88 Å². The van der Waals surface area contributed by atoms with Crippen LogP contribution in [0.4, 0.5) is 5.88 Å². The highest BCUT2D eigenvalue weighted by atomic mass is 79.9. The van der Waals surface area contributed by atoms with Crippen LogP contribution in [0.2, 0.25) is 0 Å². The zero-order chi connectivity index (χ0) is 13.2. The Hall–Kier alpha value is -1.29. The molecule has 4 heteroatoms. The van der Waals surface area contributed by atoms with Crippen LogP contribution in [0.1, 0.15) is 43.6 Å². The van der Waals surface area contributed by atoms with E-state index in [4.69, 9.17) is 10.3 Å². The van der Waals surface area contributed by atoms with E-state index < -0.39 is 0 Å². The SMILES string of the molecule is Nc1oncc1-c1ccc(C2CCCCC2)c(Br)c1. The Bertz CT molecular complexity index is 573. The summed E-state index contributed by atoms with van der Waals surface area (Å²) < 4.78 is 6.08. The second kappa shape index (κ2) is 5.37. The Morgan fingerprint density at radius 3 is 2.63 bits per heavy atom. The smallest absolute Gasteiger partial charge is 0.229 e. The van der Waals surface area contributed by atoms with Crippen LogP contribution in [0.15, 0.2) is 33.4 Å². The van der Waals surface area contributed by atoms with Gasteiger partial charge in [0.15, 0.2) is 0 Å². The molecule has 0 unspecified atom stereocenters. The third-order valence-corrected chi connectivity index (χ3v) is 4.64. The summed E-state index contributed by atoms with van der Waals surface area (Å²) in [4.78, 5) is 0. The van der Waals surface area contributed by atoms with Crippen LogP contribution in [0.5, 0.6) is 0 Å². The molecule has 0 amide bonds. The number of halogens is 1. The first kappa shape index (κ1) is 12.7. The predicted molar refractivity (Wildman–Crippen MR) is 79.9 cm³/mol. The molecule has 1 aromatic carbocycles. The number of aromatic nitrogens is 1. The van der Waals surface area contributed by atoms with Crippen molar-refractivity contribution in [1.29, 1.82) is 0 Å². The molecule has 1 saturated carbocycles. The minimum absolute atomic E-state index is 0.373. The summed E-state index contributed by atoms with van der Waals surface area (Å²) in [5.74, 6) is 1.06. The van der Waals surface area contributed by atoms with Crippen LogP contribution in [0.25, 0.3) is 11.1 Å². The number of rotatable bonds is 2. The van der Waals surface area contributed by atoms with Crippen molar-refractivity contribution < 1.29 is 4.52 Å². The number of nitrogens with zero attached hydrogens (tertiary/aromatic N) is 1. The zero-order valence-electron chi connectivity index (χ0n) is 10.7. The summed E-state index contributed by atoms with van der Waals surface area (Å²) in [6, 6.07) is 6.44. The van der Waals surface area contributed by atoms with E-state index in [1.807, 2.05) is 0 Å². The number of hydrogen-bond acceptors (Lipinski definition) is 3. The average Bonchev–Trinajstić information content (AvgIpc) is 2.86. The Morgan fingerprint density at radius 2 is 2.00 bits per heavy atom. The van der Waals surface area contributed by atoms with Gasteiger partial charge in [-0.15, -0.1) is 0 Å². The molecule has 0 bridgehead atoms. The van der Waals surface area contributed by atoms with Gasteiger partial charge in [-0.2, -0.15) is 0 Å². The Morgan fingerprint density at radius 1 is 1.21 bits per heavy atom. The van der Waals surface area contributed by atoms with Gasteiger partial charge in [0, 0.05) is 4.47 Å². The number of nitrogen functional groups attached to an aromatic ring is 1. The number of benzene rings is 1. The second-order valence-electron chi connectivity index (χ2n) is 5.17. The molecule has 0 spiro atoms. The zero-order valence-corrected chi connectivity index (χ0v) is 12.3. The van der Waals surface area contributed by atoms with Crippen LogP contribution in [0, 0.1) is 0 Å². The molecule has 3 rings (SSSR count). The highest BCUT2D eigenvalue weighted by molar-refractivity contribution is 9.10. The van der Waals surface area contributed by atoms with Crippen LogP contribution in [0.3, 0.4) is 0 Å². The fraction of sp³-hybridized carbons (Fsp3) is 0.400. The molecule has 2 aromatic rings. The molecular weight excluding hydrogens is 304 g/mol. The van der Waals surface area contributed by atoms with E-state index in [0.717, 1.165) is 15.6 Å². The van der Waals surface area contributed by atoms with E-state index in [2.05, 4.69) is 39.3 Å². The number of nitrogens with two attached hydrogens (primary N) is 1. The maximum absolute atomic E-state index is 5.76. The van der Waals surface area contributed by atoms with Crippen LogP contribution < -0.4 is 5.73 Å². The molecular formula is C15H17BrN2O. The summed E-state index contributed by atoms with van der Waals surface area (Å²) in [5, 5.41) is 3.72. The van der Waals surface area contributed by atoms with Gasteiger partial charge in [-0.1, -0.05) is 52.5 Å². The molecule has 0 atom stereocenters. The van der Waals surface area contributed by atoms with Crippen LogP contribution in [-0.4, -0.2) is 5.16 Å². The van der Waals surface area contributed by atoms with Crippen molar-refractivity contribution in [3.05, 3.63) is 34.4 Å². The van der Waals surface area contributed by atoms with Gasteiger partial charge < -0.3 is 10.3 Å². The van der Waals surface area contributed by atoms with Gasteiger partial charge in [-0.05, 0) is 36.0 Å². The van der Waals surface area contributed by atoms with Crippen molar-refractivity contribution in [2.24, 2.45) is 0 Å². The first-order chi connectivity index (χ1) is 9.25. The molecule has 19 heavy (non-hydrogen) atoms. The highest BCUT2D eigenvalue weighted by Gasteiger charge is 2.18. The molecule has 1 aromatic heterocycles. The van der Waals surface area contributed by atoms with Gasteiger partial charge >= 0.3 is 0 Å². The molecule has 2 N–H and O–H groups in total. The van der Waals surface area contributed by atoms with Crippen molar-refractivity contribution in [3.63, 3.8) is 0 Å². The average molecular weight is 321 g/mol. The molecule has 1 fully saturated rings. The standard InChI is InChI=1S/C15H17BrN2O/c16-14-8-11(13-9-18-19-15(13)17)6-7-12(14)10-4-2-1-3-5-10/h6-10H,1-5,17H2. The molecule has 0 aliphatic heterocycles. The van der Waals surface area contributed by atoms with E-state index in [0.29, 0.717) is 11.8 Å². The topological polar surface area (TPSA) is 52.0 Å². The fourth-order valence-corrected chi connectivity index (χ4v) is 3.61.